The predicted molar refractivity (Wildman–Crippen MR) is 71.0 cm³/mol. The molecular formula is C10H11ClFN5O2S. The van der Waals surface area contributed by atoms with Crippen LogP contribution in [0.2, 0.25) is 5.02 Å². The van der Waals surface area contributed by atoms with Gasteiger partial charge in [-0.15, -0.1) is 5.10 Å². The predicted octanol–water partition coefficient (Wildman–Crippen LogP) is 0.631. The van der Waals surface area contributed by atoms with Crippen molar-refractivity contribution in [1.29, 1.82) is 0 Å². The molecule has 3 N–H and O–H groups in total. The summed E-state index contributed by atoms with van der Waals surface area (Å²) in [5, 5.41) is 6.90. The van der Waals surface area contributed by atoms with Gasteiger partial charge in [-0.25, -0.2) is 17.5 Å². The van der Waals surface area contributed by atoms with Crippen molar-refractivity contribution in [2.75, 3.05) is 12.3 Å². The molecule has 20 heavy (non-hydrogen) atoms. The quantitative estimate of drug-likeness (QED) is 0.787. The van der Waals surface area contributed by atoms with Gasteiger partial charge in [0.15, 0.2) is 5.82 Å². The fourth-order valence-corrected chi connectivity index (χ4v) is 2.94. The van der Waals surface area contributed by atoms with Crippen LogP contribution in [0.5, 0.6) is 0 Å². The van der Waals surface area contributed by atoms with Gasteiger partial charge in [0.2, 0.25) is 10.0 Å². The summed E-state index contributed by atoms with van der Waals surface area (Å²) in [4.78, 5) is -0.582. The molecule has 0 fully saturated rings. The Morgan fingerprint density at radius 3 is 2.85 bits per heavy atom. The van der Waals surface area contributed by atoms with Crippen molar-refractivity contribution in [3.8, 4) is 0 Å². The van der Waals surface area contributed by atoms with Gasteiger partial charge in [-0.3, -0.25) is 4.68 Å². The van der Waals surface area contributed by atoms with Crippen molar-refractivity contribution in [2.45, 2.75) is 11.4 Å². The zero-order valence-electron chi connectivity index (χ0n) is 10.1. The molecule has 0 amide bonds. The smallest absolute Gasteiger partial charge is 0.243 e. The lowest BCUT2D eigenvalue weighted by atomic mass is 10.3. The number of halogens is 2. The van der Waals surface area contributed by atoms with Crippen LogP contribution in [0.25, 0.3) is 0 Å². The van der Waals surface area contributed by atoms with Gasteiger partial charge >= 0.3 is 0 Å². The highest BCUT2D eigenvalue weighted by molar-refractivity contribution is 7.89. The summed E-state index contributed by atoms with van der Waals surface area (Å²) >= 11 is 5.57. The molecule has 1 aromatic carbocycles. The Balaban J connectivity index is 2.14. The van der Waals surface area contributed by atoms with Crippen LogP contribution in [-0.2, 0) is 16.6 Å². The van der Waals surface area contributed by atoms with E-state index in [0.717, 1.165) is 12.1 Å². The minimum absolute atomic E-state index is 0.0253. The first kappa shape index (κ1) is 14.7. The SMILES string of the molecule is Nc1cc(Cl)c(F)c(S(=O)(=O)NCCn2ccnn2)c1. The summed E-state index contributed by atoms with van der Waals surface area (Å²) in [5.74, 6) is -1.03. The molecule has 10 heteroatoms. The van der Waals surface area contributed by atoms with Crippen LogP contribution in [0.1, 0.15) is 0 Å². The number of sulfonamides is 1. The molecule has 0 atom stereocenters. The van der Waals surface area contributed by atoms with Gasteiger partial charge in [0.05, 0.1) is 17.8 Å². The molecule has 1 aromatic heterocycles. The summed E-state index contributed by atoms with van der Waals surface area (Å²) in [6.07, 6.45) is 3.04. The van der Waals surface area contributed by atoms with E-state index in [1.807, 2.05) is 0 Å². The Kier molecular flexibility index (Phi) is 4.21. The highest BCUT2D eigenvalue weighted by Crippen LogP contribution is 2.25. The zero-order chi connectivity index (χ0) is 14.8. The number of benzene rings is 1. The summed E-state index contributed by atoms with van der Waals surface area (Å²) in [5.41, 5.74) is 5.53. The molecule has 0 spiro atoms. The number of aromatic nitrogens is 3. The number of rotatable bonds is 5. The summed E-state index contributed by atoms with van der Waals surface area (Å²) in [6, 6.07) is 2.16. The molecule has 0 unspecified atom stereocenters. The van der Waals surface area contributed by atoms with Crippen molar-refractivity contribution in [1.82, 2.24) is 19.7 Å². The van der Waals surface area contributed by atoms with Gasteiger partial charge in [0.1, 0.15) is 4.90 Å². The third-order valence-corrected chi connectivity index (χ3v) is 4.15. The Bertz CT molecular complexity index is 705. The Hall–Kier alpha value is -1.71. The lowest BCUT2D eigenvalue weighted by Crippen LogP contribution is -2.28. The van der Waals surface area contributed by atoms with Crippen LogP contribution in [0, 0.1) is 5.82 Å². The lowest BCUT2D eigenvalue weighted by Gasteiger charge is -2.09. The van der Waals surface area contributed by atoms with E-state index in [1.54, 1.807) is 6.20 Å². The van der Waals surface area contributed by atoms with E-state index >= 15 is 0 Å². The van der Waals surface area contributed by atoms with E-state index in [4.69, 9.17) is 17.3 Å². The number of anilines is 1. The van der Waals surface area contributed by atoms with Gasteiger partial charge in [-0.05, 0) is 12.1 Å². The average molecular weight is 320 g/mol. The third-order valence-electron chi connectivity index (χ3n) is 2.41. The van der Waals surface area contributed by atoms with E-state index in [-0.39, 0.29) is 23.8 Å². The lowest BCUT2D eigenvalue weighted by molar-refractivity contribution is 0.541. The summed E-state index contributed by atoms with van der Waals surface area (Å²) in [7, 11) is -4.04. The van der Waals surface area contributed by atoms with Crippen LogP contribution in [0.3, 0.4) is 0 Å². The van der Waals surface area contributed by atoms with Crippen LogP contribution in [0.4, 0.5) is 10.1 Å². The highest BCUT2D eigenvalue weighted by atomic mass is 35.5. The van der Waals surface area contributed by atoms with E-state index in [0.29, 0.717) is 0 Å². The van der Waals surface area contributed by atoms with Crippen molar-refractivity contribution < 1.29 is 12.8 Å². The van der Waals surface area contributed by atoms with E-state index in [2.05, 4.69) is 15.0 Å². The molecule has 0 aliphatic carbocycles. The largest absolute Gasteiger partial charge is 0.399 e. The van der Waals surface area contributed by atoms with Crippen molar-refractivity contribution in [3.05, 3.63) is 35.4 Å². The maximum atomic E-state index is 13.7. The molecule has 2 aromatic rings. The fourth-order valence-electron chi connectivity index (χ4n) is 1.50. The molecule has 0 aliphatic rings. The van der Waals surface area contributed by atoms with Gasteiger partial charge in [0, 0.05) is 18.4 Å². The standard InChI is InChI=1S/C10H11ClFN5O2S/c11-8-5-7(13)6-9(10(8)12)20(18,19)15-2-4-17-3-1-14-16-17/h1,3,5-6,15H,2,4,13H2. The van der Waals surface area contributed by atoms with Gasteiger partial charge in [0.25, 0.3) is 0 Å². The number of nitrogens with one attached hydrogen (secondary N) is 1. The first-order valence-corrected chi connectivity index (χ1v) is 7.34. The minimum Gasteiger partial charge on any atom is -0.399 e. The van der Waals surface area contributed by atoms with E-state index in [1.165, 1.54) is 10.9 Å². The topological polar surface area (TPSA) is 103 Å². The second-order valence-electron chi connectivity index (χ2n) is 3.88. The van der Waals surface area contributed by atoms with Crippen molar-refractivity contribution in [2.24, 2.45) is 0 Å². The molecule has 0 bridgehead atoms. The molecule has 0 saturated carbocycles. The van der Waals surface area contributed by atoms with Crippen molar-refractivity contribution >= 4 is 27.3 Å². The molecule has 0 aliphatic heterocycles. The first-order valence-electron chi connectivity index (χ1n) is 5.48. The first-order chi connectivity index (χ1) is 9.40. The number of hydrogen-bond donors (Lipinski definition) is 2. The van der Waals surface area contributed by atoms with Crippen LogP contribution in [0.15, 0.2) is 29.4 Å². The van der Waals surface area contributed by atoms with Gasteiger partial charge in [-0.2, -0.15) is 0 Å². The Labute approximate surface area is 119 Å². The molecule has 7 nitrogen and oxygen atoms in total. The van der Waals surface area contributed by atoms with E-state index in [9.17, 15) is 12.8 Å². The maximum Gasteiger partial charge on any atom is 0.243 e. The minimum atomic E-state index is -4.04. The molecular weight excluding hydrogens is 309 g/mol. The van der Waals surface area contributed by atoms with E-state index < -0.39 is 20.7 Å². The molecule has 0 radical (unpaired) electrons. The Morgan fingerprint density at radius 1 is 1.45 bits per heavy atom. The highest BCUT2D eigenvalue weighted by Gasteiger charge is 2.21. The van der Waals surface area contributed by atoms with Gasteiger partial charge < -0.3 is 5.73 Å². The fraction of sp³-hybridized carbons (Fsp3) is 0.200. The number of nitrogens with two attached hydrogens (primary N) is 1. The monoisotopic (exact) mass is 319 g/mol. The number of hydrogen-bond acceptors (Lipinski definition) is 5. The second kappa shape index (κ2) is 5.73. The van der Waals surface area contributed by atoms with Crippen LogP contribution < -0.4 is 10.5 Å². The van der Waals surface area contributed by atoms with Crippen LogP contribution in [-0.4, -0.2) is 30.0 Å². The third kappa shape index (κ3) is 3.24. The number of nitrogen functional groups attached to an aromatic ring is 1. The summed E-state index contributed by atoms with van der Waals surface area (Å²) < 4.78 is 41.4. The normalized spacial score (nSPS) is 11.7. The maximum absolute atomic E-state index is 13.7. The molecule has 0 saturated heterocycles. The number of nitrogens with zero attached hydrogens (tertiary/aromatic N) is 3. The summed E-state index contributed by atoms with van der Waals surface area (Å²) in [6.45, 7) is 0.286. The van der Waals surface area contributed by atoms with Gasteiger partial charge in [-0.1, -0.05) is 16.8 Å². The van der Waals surface area contributed by atoms with Crippen LogP contribution >= 0.6 is 11.6 Å². The zero-order valence-corrected chi connectivity index (χ0v) is 11.7. The van der Waals surface area contributed by atoms with Crippen molar-refractivity contribution in [3.63, 3.8) is 0 Å². The molecule has 108 valence electrons. The second-order valence-corrected chi connectivity index (χ2v) is 6.02. The average Bonchev–Trinajstić information content (AvgIpc) is 2.86. The Morgan fingerprint density at radius 2 is 2.20 bits per heavy atom. The molecule has 1 heterocycles. The molecule has 2 rings (SSSR count).